The summed E-state index contributed by atoms with van der Waals surface area (Å²) in [5.41, 5.74) is 4.39. The summed E-state index contributed by atoms with van der Waals surface area (Å²) in [6, 6.07) is 0. The van der Waals surface area contributed by atoms with Gasteiger partial charge in [-0.15, -0.1) is 0 Å². The Morgan fingerprint density at radius 3 is 2.60 bits per heavy atom. The number of nitrogens with two attached hydrogens (primary N) is 1. The fourth-order valence-electron chi connectivity index (χ4n) is 3.87. The number of carbonyl (C=O) groups excluding carboxylic acids is 1. The summed E-state index contributed by atoms with van der Waals surface area (Å²) >= 11 is 0. The first-order valence-corrected chi connectivity index (χ1v) is 7.48. The highest BCUT2D eigenvalue weighted by Crippen LogP contribution is 2.58. The lowest BCUT2D eigenvalue weighted by atomic mass is 9.47. The van der Waals surface area contributed by atoms with Gasteiger partial charge in [-0.25, -0.2) is 0 Å². The SMILES string of the molecule is CCN(CC(C)(C)O)C(=O)C1(N)C2CCOC2C1(C)C. The lowest BCUT2D eigenvalue weighted by Gasteiger charge is -2.61. The molecule has 1 saturated heterocycles. The first kappa shape index (κ1) is 15.7. The van der Waals surface area contributed by atoms with E-state index in [0.29, 0.717) is 19.7 Å². The molecule has 1 saturated carbocycles. The van der Waals surface area contributed by atoms with Crippen LogP contribution in [0.4, 0.5) is 0 Å². The normalized spacial score (nSPS) is 35.4. The van der Waals surface area contributed by atoms with Crippen molar-refractivity contribution in [1.29, 1.82) is 0 Å². The Morgan fingerprint density at radius 2 is 2.10 bits per heavy atom. The molecule has 1 aliphatic carbocycles. The molecule has 5 heteroatoms. The predicted octanol–water partition coefficient (Wildman–Crippen LogP) is 0.748. The monoisotopic (exact) mass is 284 g/mol. The molecule has 5 nitrogen and oxygen atoms in total. The molecule has 0 bridgehead atoms. The van der Waals surface area contributed by atoms with Crippen LogP contribution in [0, 0.1) is 11.3 Å². The van der Waals surface area contributed by atoms with Crippen molar-refractivity contribution in [2.24, 2.45) is 17.1 Å². The van der Waals surface area contributed by atoms with E-state index in [1.807, 2.05) is 20.8 Å². The summed E-state index contributed by atoms with van der Waals surface area (Å²) in [6.07, 6.45) is 0.924. The number of hydrogen-bond donors (Lipinski definition) is 2. The fourth-order valence-corrected chi connectivity index (χ4v) is 3.87. The van der Waals surface area contributed by atoms with Crippen LogP contribution in [-0.2, 0) is 9.53 Å². The number of aliphatic hydroxyl groups is 1. The first-order chi connectivity index (χ1) is 9.05. The Labute approximate surface area is 121 Å². The molecule has 20 heavy (non-hydrogen) atoms. The largest absolute Gasteiger partial charge is 0.389 e. The van der Waals surface area contributed by atoms with E-state index in [0.717, 1.165) is 6.42 Å². The van der Waals surface area contributed by atoms with Gasteiger partial charge in [0, 0.05) is 31.0 Å². The molecule has 116 valence electrons. The maximum atomic E-state index is 12.9. The number of fused-ring (bicyclic) bond motifs is 1. The van der Waals surface area contributed by atoms with Crippen molar-refractivity contribution in [3.8, 4) is 0 Å². The van der Waals surface area contributed by atoms with E-state index in [1.165, 1.54) is 0 Å². The van der Waals surface area contributed by atoms with E-state index in [1.54, 1.807) is 18.7 Å². The highest BCUT2D eigenvalue weighted by atomic mass is 16.5. The molecule has 3 unspecified atom stereocenters. The highest BCUT2D eigenvalue weighted by molar-refractivity contribution is 5.89. The number of carbonyl (C=O) groups is 1. The van der Waals surface area contributed by atoms with Crippen LogP contribution in [0.25, 0.3) is 0 Å². The van der Waals surface area contributed by atoms with Gasteiger partial charge in [0.05, 0.1) is 11.7 Å². The quantitative estimate of drug-likeness (QED) is 0.799. The van der Waals surface area contributed by atoms with Crippen molar-refractivity contribution in [2.75, 3.05) is 19.7 Å². The van der Waals surface area contributed by atoms with Gasteiger partial charge in [-0.3, -0.25) is 4.79 Å². The Morgan fingerprint density at radius 1 is 1.50 bits per heavy atom. The summed E-state index contributed by atoms with van der Waals surface area (Å²) in [5, 5.41) is 9.98. The third-order valence-corrected chi connectivity index (χ3v) is 5.05. The molecule has 0 aromatic carbocycles. The van der Waals surface area contributed by atoms with Crippen LogP contribution in [0.1, 0.15) is 41.0 Å². The van der Waals surface area contributed by atoms with Gasteiger partial charge >= 0.3 is 0 Å². The number of amides is 1. The zero-order valence-corrected chi connectivity index (χ0v) is 13.3. The average molecular weight is 284 g/mol. The van der Waals surface area contributed by atoms with Crippen LogP contribution in [0.15, 0.2) is 0 Å². The van der Waals surface area contributed by atoms with Crippen LogP contribution in [-0.4, -0.2) is 52.9 Å². The van der Waals surface area contributed by atoms with Crippen LogP contribution >= 0.6 is 0 Å². The summed E-state index contributed by atoms with van der Waals surface area (Å²) in [6.45, 7) is 10.9. The summed E-state index contributed by atoms with van der Waals surface area (Å²) in [5.74, 6) is 0.0414. The Bertz CT molecular complexity index is 402. The van der Waals surface area contributed by atoms with Crippen LogP contribution in [0.5, 0.6) is 0 Å². The van der Waals surface area contributed by atoms with E-state index in [9.17, 15) is 9.90 Å². The van der Waals surface area contributed by atoms with Crippen molar-refractivity contribution in [2.45, 2.75) is 58.3 Å². The van der Waals surface area contributed by atoms with Crippen molar-refractivity contribution in [1.82, 2.24) is 4.90 Å². The second-order valence-corrected chi connectivity index (χ2v) is 7.41. The van der Waals surface area contributed by atoms with Gasteiger partial charge < -0.3 is 20.5 Å². The molecule has 1 amide bonds. The minimum absolute atomic E-state index is 0.0566. The van der Waals surface area contributed by atoms with Gasteiger partial charge in [0.15, 0.2) is 0 Å². The van der Waals surface area contributed by atoms with Gasteiger partial charge in [0.2, 0.25) is 5.91 Å². The fraction of sp³-hybridized carbons (Fsp3) is 0.933. The number of likely N-dealkylation sites (N-methyl/N-ethyl adjacent to an activating group) is 1. The number of hydrogen-bond acceptors (Lipinski definition) is 4. The third kappa shape index (κ3) is 2.07. The van der Waals surface area contributed by atoms with Crippen molar-refractivity contribution in [3.63, 3.8) is 0 Å². The topological polar surface area (TPSA) is 75.8 Å². The second kappa shape index (κ2) is 4.68. The van der Waals surface area contributed by atoms with Crippen molar-refractivity contribution >= 4 is 5.91 Å². The van der Waals surface area contributed by atoms with Gasteiger partial charge in [-0.2, -0.15) is 0 Å². The van der Waals surface area contributed by atoms with Gasteiger partial charge in [-0.05, 0) is 27.2 Å². The van der Waals surface area contributed by atoms with Crippen LogP contribution in [0.3, 0.4) is 0 Å². The highest BCUT2D eigenvalue weighted by Gasteiger charge is 2.71. The third-order valence-electron chi connectivity index (χ3n) is 5.05. The van der Waals surface area contributed by atoms with E-state index in [2.05, 4.69) is 0 Å². The molecule has 2 rings (SSSR count). The zero-order valence-electron chi connectivity index (χ0n) is 13.3. The molecule has 1 heterocycles. The van der Waals surface area contributed by atoms with Crippen molar-refractivity contribution in [3.05, 3.63) is 0 Å². The van der Waals surface area contributed by atoms with Gasteiger partial charge in [0.1, 0.15) is 5.54 Å². The smallest absolute Gasteiger partial charge is 0.243 e. The van der Waals surface area contributed by atoms with E-state index < -0.39 is 11.1 Å². The van der Waals surface area contributed by atoms with E-state index >= 15 is 0 Å². The molecule has 3 atom stereocenters. The molecular formula is C15H28N2O3. The van der Waals surface area contributed by atoms with Crippen LogP contribution < -0.4 is 5.73 Å². The Kier molecular flexibility index (Phi) is 3.68. The zero-order chi connectivity index (χ0) is 15.3. The lowest BCUT2D eigenvalue weighted by Crippen LogP contribution is -2.80. The van der Waals surface area contributed by atoms with Crippen LogP contribution in [0.2, 0.25) is 0 Å². The molecule has 0 radical (unpaired) electrons. The van der Waals surface area contributed by atoms with Crippen molar-refractivity contribution < 1.29 is 14.6 Å². The molecule has 3 N–H and O–H groups in total. The van der Waals surface area contributed by atoms with E-state index in [-0.39, 0.29) is 23.3 Å². The number of ether oxygens (including phenoxy) is 1. The minimum atomic E-state index is -0.915. The minimum Gasteiger partial charge on any atom is -0.389 e. The second-order valence-electron chi connectivity index (χ2n) is 7.41. The number of rotatable bonds is 4. The first-order valence-electron chi connectivity index (χ1n) is 7.48. The Hall–Kier alpha value is -0.650. The Balaban J connectivity index is 2.22. The van der Waals surface area contributed by atoms with Gasteiger partial charge in [-0.1, -0.05) is 13.8 Å². The van der Waals surface area contributed by atoms with E-state index in [4.69, 9.17) is 10.5 Å². The maximum absolute atomic E-state index is 12.9. The molecule has 1 aliphatic heterocycles. The maximum Gasteiger partial charge on any atom is 0.243 e. The standard InChI is InChI=1S/C15H28N2O3/c1-6-17(9-13(2,3)19)12(18)15(16)10-7-8-20-11(10)14(15,4)5/h10-11,19H,6-9,16H2,1-5H3. The molecule has 0 spiro atoms. The number of nitrogens with zero attached hydrogens (tertiary/aromatic N) is 1. The molecular weight excluding hydrogens is 256 g/mol. The molecule has 0 aromatic rings. The average Bonchev–Trinajstić information content (AvgIpc) is 2.80. The summed E-state index contributed by atoms with van der Waals surface area (Å²) in [7, 11) is 0. The summed E-state index contributed by atoms with van der Waals surface area (Å²) < 4.78 is 5.73. The molecule has 0 aromatic heterocycles. The molecule has 2 fully saturated rings. The molecule has 2 aliphatic rings. The summed E-state index contributed by atoms with van der Waals surface area (Å²) in [4.78, 5) is 14.6. The lowest BCUT2D eigenvalue weighted by molar-refractivity contribution is -0.186. The van der Waals surface area contributed by atoms with Gasteiger partial charge in [0.25, 0.3) is 0 Å². The predicted molar refractivity (Wildman–Crippen MR) is 77.1 cm³/mol.